The third-order valence-electron chi connectivity index (χ3n) is 2.83. The van der Waals surface area contributed by atoms with Crippen molar-refractivity contribution in [2.45, 2.75) is 19.9 Å². The first-order valence-corrected chi connectivity index (χ1v) is 7.13. The van der Waals surface area contributed by atoms with E-state index in [2.05, 4.69) is 15.9 Å². The van der Waals surface area contributed by atoms with Gasteiger partial charge in [0.05, 0.1) is 0 Å². The van der Waals surface area contributed by atoms with E-state index in [1.165, 1.54) is 0 Å². The molecule has 0 spiro atoms. The number of hydrogen-bond acceptors (Lipinski definition) is 2. The normalized spacial score (nSPS) is 12.3. The van der Waals surface area contributed by atoms with Gasteiger partial charge in [-0.25, -0.2) is 0 Å². The molecule has 0 radical (unpaired) electrons. The van der Waals surface area contributed by atoms with Gasteiger partial charge in [0, 0.05) is 15.5 Å². The maximum atomic E-state index is 5.99. The number of rotatable bonds is 3. The highest BCUT2D eigenvalue weighted by atomic mass is 79.9. The van der Waals surface area contributed by atoms with Gasteiger partial charge in [0.1, 0.15) is 11.5 Å². The second-order valence-electron chi connectivity index (χ2n) is 4.49. The summed E-state index contributed by atoms with van der Waals surface area (Å²) < 4.78 is 6.75. The van der Waals surface area contributed by atoms with Crippen molar-refractivity contribution >= 4 is 27.5 Å². The van der Waals surface area contributed by atoms with Gasteiger partial charge in [-0.05, 0) is 55.3 Å². The van der Waals surface area contributed by atoms with Crippen LogP contribution in [0.1, 0.15) is 24.1 Å². The van der Waals surface area contributed by atoms with Crippen LogP contribution in [-0.2, 0) is 0 Å². The molecule has 2 nitrogen and oxygen atoms in total. The molecule has 1 atom stereocenters. The first-order valence-electron chi connectivity index (χ1n) is 5.96. The summed E-state index contributed by atoms with van der Waals surface area (Å²) >= 11 is 9.49. The van der Waals surface area contributed by atoms with Crippen molar-refractivity contribution in [3.63, 3.8) is 0 Å². The molecule has 2 rings (SSSR count). The van der Waals surface area contributed by atoms with Crippen molar-refractivity contribution < 1.29 is 4.74 Å². The number of ether oxygens (including phenoxy) is 1. The fourth-order valence-electron chi connectivity index (χ4n) is 1.76. The summed E-state index contributed by atoms with van der Waals surface area (Å²) in [5, 5.41) is 0.737. The Bertz CT molecular complexity index is 599. The van der Waals surface area contributed by atoms with Gasteiger partial charge in [-0.3, -0.25) is 0 Å². The lowest BCUT2D eigenvalue weighted by Gasteiger charge is -2.12. The van der Waals surface area contributed by atoms with Crippen LogP contribution >= 0.6 is 27.5 Å². The quantitative estimate of drug-likeness (QED) is 0.831. The van der Waals surface area contributed by atoms with Gasteiger partial charge in [-0.2, -0.15) is 0 Å². The molecule has 0 aliphatic heterocycles. The minimum Gasteiger partial charge on any atom is -0.457 e. The van der Waals surface area contributed by atoms with Gasteiger partial charge < -0.3 is 10.5 Å². The van der Waals surface area contributed by atoms with Crippen molar-refractivity contribution in [2.24, 2.45) is 5.73 Å². The second kappa shape index (κ2) is 5.95. The molecule has 0 aromatic heterocycles. The Labute approximate surface area is 126 Å². The Morgan fingerprint density at radius 3 is 2.37 bits per heavy atom. The number of nitrogens with two attached hydrogens (primary N) is 1. The zero-order chi connectivity index (χ0) is 14.0. The Kier molecular flexibility index (Phi) is 4.50. The minimum absolute atomic E-state index is 0.0128. The largest absolute Gasteiger partial charge is 0.457 e. The van der Waals surface area contributed by atoms with Crippen LogP contribution in [0.15, 0.2) is 40.9 Å². The van der Waals surface area contributed by atoms with Crippen LogP contribution in [0.3, 0.4) is 0 Å². The molecule has 0 aliphatic rings. The Morgan fingerprint density at radius 2 is 1.79 bits per heavy atom. The van der Waals surface area contributed by atoms with Crippen LogP contribution < -0.4 is 10.5 Å². The van der Waals surface area contributed by atoms with E-state index in [4.69, 9.17) is 22.1 Å². The molecule has 0 amide bonds. The molecule has 0 fully saturated rings. The SMILES string of the molecule is Cc1cc(Oc2ccc([C@@H](C)N)c(Br)c2)ccc1Cl. The van der Waals surface area contributed by atoms with Gasteiger partial charge in [-0.15, -0.1) is 0 Å². The highest BCUT2D eigenvalue weighted by molar-refractivity contribution is 9.10. The average molecular weight is 341 g/mol. The van der Waals surface area contributed by atoms with Crippen molar-refractivity contribution in [1.29, 1.82) is 0 Å². The van der Waals surface area contributed by atoms with Crippen LogP contribution in [0.25, 0.3) is 0 Å². The van der Waals surface area contributed by atoms with Crippen molar-refractivity contribution in [1.82, 2.24) is 0 Å². The lowest BCUT2D eigenvalue weighted by molar-refractivity contribution is 0.481. The number of aryl methyl sites for hydroxylation is 1. The van der Waals surface area contributed by atoms with Crippen LogP contribution in [0.5, 0.6) is 11.5 Å². The van der Waals surface area contributed by atoms with Gasteiger partial charge in [0.15, 0.2) is 0 Å². The van der Waals surface area contributed by atoms with Gasteiger partial charge in [0.25, 0.3) is 0 Å². The Morgan fingerprint density at radius 1 is 1.16 bits per heavy atom. The molecule has 100 valence electrons. The van der Waals surface area contributed by atoms with Crippen molar-refractivity contribution in [3.05, 3.63) is 57.0 Å². The zero-order valence-corrected chi connectivity index (χ0v) is 13.1. The Balaban J connectivity index is 2.24. The number of hydrogen-bond donors (Lipinski definition) is 1. The number of benzene rings is 2. The third-order valence-corrected chi connectivity index (χ3v) is 3.94. The zero-order valence-electron chi connectivity index (χ0n) is 10.8. The molecule has 2 aromatic rings. The predicted octanol–water partition coefficient (Wildman–Crippen LogP) is 5.22. The van der Waals surface area contributed by atoms with E-state index in [1.807, 2.05) is 50.2 Å². The van der Waals surface area contributed by atoms with Crippen molar-refractivity contribution in [2.75, 3.05) is 0 Å². The van der Waals surface area contributed by atoms with Crippen LogP contribution in [0, 0.1) is 6.92 Å². The van der Waals surface area contributed by atoms with Crippen LogP contribution in [-0.4, -0.2) is 0 Å². The highest BCUT2D eigenvalue weighted by Crippen LogP contribution is 2.30. The fourth-order valence-corrected chi connectivity index (χ4v) is 2.59. The molecule has 0 aliphatic carbocycles. The molecule has 0 unspecified atom stereocenters. The standard InChI is InChI=1S/C15H15BrClNO/c1-9-7-11(4-6-15(9)17)19-12-3-5-13(10(2)18)14(16)8-12/h3-8,10H,18H2,1-2H3/t10-/m1/s1. The van der Waals surface area contributed by atoms with E-state index >= 15 is 0 Å². The molecule has 4 heteroatoms. The summed E-state index contributed by atoms with van der Waals surface area (Å²) in [6.07, 6.45) is 0. The summed E-state index contributed by atoms with van der Waals surface area (Å²) in [6.45, 7) is 3.90. The lowest BCUT2D eigenvalue weighted by Crippen LogP contribution is -2.05. The van der Waals surface area contributed by atoms with Crippen molar-refractivity contribution in [3.8, 4) is 11.5 Å². The van der Waals surface area contributed by atoms with Crippen LogP contribution in [0.4, 0.5) is 0 Å². The molecule has 0 saturated heterocycles. The highest BCUT2D eigenvalue weighted by Gasteiger charge is 2.07. The number of halogens is 2. The topological polar surface area (TPSA) is 35.2 Å². The van der Waals surface area contributed by atoms with E-state index in [-0.39, 0.29) is 6.04 Å². The molecule has 2 aromatic carbocycles. The fraction of sp³-hybridized carbons (Fsp3) is 0.200. The molecular formula is C15H15BrClNO. The third kappa shape index (κ3) is 3.50. The van der Waals surface area contributed by atoms with E-state index in [0.717, 1.165) is 32.1 Å². The predicted molar refractivity (Wildman–Crippen MR) is 83.0 cm³/mol. The smallest absolute Gasteiger partial charge is 0.128 e. The maximum absolute atomic E-state index is 5.99. The van der Waals surface area contributed by atoms with Gasteiger partial charge >= 0.3 is 0 Å². The first kappa shape index (κ1) is 14.4. The molecular weight excluding hydrogens is 326 g/mol. The summed E-state index contributed by atoms with van der Waals surface area (Å²) in [4.78, 5) is 0. The van der Waals surface area contributed by atoms with E-state index < -0.39 is 0 Å². The first-order chi connectivity index (χ1) is 8.97. The van der Waals surface area contributed by atoms with E-state index in [9.17, 15) is 0 Å². The second-order valence-corrected chi connectivity index (χ2v) is 5.75. The molecule has 0 bridgehead atoms. The molecule has 2 N–H and O–H groups in total. The molecule has 19 heavy (non-hydrogen) atoms. The minimum atomic E-state index is -0.0128. The average Bonchev–Trinajstić information content (AvgIpc) is 2.33. The summed E-state index contributed by atoms with van der Waals surface area (Å²) in [6, 6.07) is 11.4. The van der Waals surface area contributed by atoms with Gasteiger partial charge in [0.2, 0.25) is 0 Å². The summed E-state index contributed by atoms with van der Waals surface area (Å²) in [5.41, 5.74) is 7.91. The summed E-state index contributed by atoms with van der Waals surface area (Å²) in [7, 11) is 0. The van der Waals surface area contributed by atoms with Crippen LogP contribution in [0.2, 0.25) is 5.02 Å². The lowest BCUT2D eigenvalue weighted by atomic mass is 10.1. The Hall–Kier alpha value is -1.03. The maximum Gasteiger partial charge on any atom is 0.128 e. The van der Waals surface area contributed by atoms with E-state index in [1.54, 1.807) is 0 Å². The van der Waals surface area contributed by atoms with Gasteiger partial charge in [-0.1, -0.05) is 33.6 Å². The summed E-state index contributed by atoms with van der Waals surface area (Å²) in [5.74, 6) is 1.53. The molecule has 0 saturated carbocycles. The molecule has 0 heterocycles. The monoisotopic (exact) mass is 339 g/mol. The van der Waals surface area contributed by atoms with E-state index in [0.29, 0.717) is 0 Å².